The molecule has 1 aromatic heterocycles. The quantitative estimate of drug-likeness (QED) is 0.448. The highest BCUT2D eigenvalue weighted by atomic mass is 32.2. The highest BCUT2D eigenvalue weighted by Crippen LogP contribution is 2.27. The average molecular weight is 470 g/mol. The summed E-state index contributed by atoms with van der Waals surface area (Å²) in [6.07, 6.45) is 2.18. The van der Waals surface area contributed by atoms with E-state index in [1.54, 1.807) is 12.1 Å². The molecule has 0 aliphatic rings. The number of nitrogens with zero attached hydrogens (tertiary/aromatic N) is 3. The van der Waals surface area contributed by atoms with Crippen molar-refractivity contribution in [3.8, 4) is 0 Å². The molecule has 2 aromatic carbocycles. The largest absolute Gasteiger partial charge is 0.355 e. The lowest BCUT2D eigenvalue weighted by Crippen LogP contribution is -2.18. The van der Waals surface area contributed by atoms with Crippen LogP contribution in [-0.2, 0) is 9.84 Å². The van der Waals surface area contributed by atoms with Gasteiger partial charge in [0.1, 0.15) is 17.2 Å². The van der Waals surface area contributed by atoms with Gasteiger partial charge in [0.25, 0.3) is 11.8 Å². The standard InChI is InChI=1S/C21H19FN6O4S/c1-23-19(29)12-8-9-14(22)16(10-12)27-21-25-11-13(20(30)24-2)18(28-21)26-15-6-4-5-7-17(15)33(3,31)32/h4-11H,2H2,1,3H3,(H,23,29)(H2,25,26,27,28). The first kappa shape index (κ1) is 23.5. The summed E-state index contributed by atoms with van der Waals surface area (Å²) in [5, 5.41) is 7.90. The molecule has 0 spiro atoms. The maximum absolute atomic E-state index is 14.3. The van der Waals surface area contributed by atoms with E-state index in [0.29, 0.717) is 0 Å². The van der Waals surface area contributed by atoms with E-state index in [1.807, 2.05) is 0 Å². The maximum atomic E-state index is 14.3. The van der Waals surface area contributed by atoms with E-state index in [0.717, 1.165) is 18.5 Å². The van der Waals surface area contributed by atoms with Crippen LogP contribution in [0.1, 0.15) is 20.7 Å². The molecule has 3 aromatic rings. The molecule has 1 heterocycles. The average Bonchev–Trinajstić information content (AvgIpc) is 2.79. The van der Waals surface area contributed by atoms with E-state index in [9.17, 15) is 22.4 Å². The second-order valence-corrected chi connectivity index (χ2v) is 8.70. The van der Waals surface area contributed by atoms with Gasteiger partial charge in [-0.3, -0.25) is 9.59 Å². The van der Waals surface area contributed by atoms with Gasteiger partial charge in [0, 0.05) is 25.1 Å². The second-order valence-electron chi connectivity index (χ2n) is 6.71. The van der Waals surface area contributed by atoms with E-state index >= 15 is 0 Å². The summed E-state index contributed by atoms with van der Waals surface area (Å²) in [6.45, 7) is 3.20. The van der Waals surface area contributed by atoms with E-state index in [-0.39, 0.29) is 39.2 Å². The lowest BCUT2D eigenvalue weighted by atomic mass is 10.2. The van der Waals surface area contributed by atoms with Crippen molar-refractivity contribution in [1.82, 2.24) is 15.3 Å². The molecule has 0 aliphatic carbocycles. The monoisotopic (exact) mass is 470 g/mol. The molecule has 3 rings (SSSR count). The SMILES string of the molecule is C=NC(=O)c1cnc(Nc2cc(C(=O)NC)ccc2F)nc1Nc1ccccc1S(C)(=O)=O. The van der Waals surface area contributed by atoms with Crippen molar-refractivity contribution >= 4 is 51.5 Å². The number of sulfone groups is 1. The molecule has 0 aliphatic heterocycles. The summed E-state index contributed by atoms with van der Waals surface area (Å²) in [6, 6.07) is 9.73. The zero-order valence-corrected chi connectivity index (χ0v) is 18.4. The van der Waals surface area contributed by atoms with Crippen LogP contribution in [0.5, 0.6) is 0 Å². The van der Waals surface area contributed by atoms with Crippen molar-refractivity contribution in [2.75, 3.05) is 23.9 Å². The van der Waals surface area contributed by atoms with Crippen LogP contribution < -0.4 is 16.0 Å². The Kier molecular flexibility index (Phi) is 6.78. The lowest BCUT2D eigenvalue weighted by molar-refractivity contribution is 0.0961. The molecule has 33 heavy (non-hydrogen) atoms. The molecule has 0 saturated heterocycles. The predicted octanol–water partition coefficient (Wildman–Crippen LogP) is 2.71. The van der Waals surface area contributed by atoms with Crippen LogP contribution in [0.3, 0.4) is 0 Å². The smallest absolute Gasteiger partial charge is 0.281 e. The molecule has 10 nitrogen and oxygen atoms in total. The van der Waals surface area contributed by atoms with Crippen molar-refractivity contribution in [3.05, 3.63) is 65.6 Å². The third-order valence-electron chi connectivity index (χ3n) is 4.40. The molecule has 0 fully saturated rings. The van der Waals surface area contributed by atoms with E-state index in [2.05, 4.69) is 37.6 Å². The molecule has 0 radical (unpaired) electrons. The van der Waals surface area contributed by atoms with Crippen LogP contribution in [0.25, 0.3) is 0 Å². The van der Waals surface area contributed by atoms with Crippen molar-refractivity contribution < 1.29 is 22.4 Å². The molecule has 2 amide bonds. The Morgan fingerprint density at radius 3 is 2.48 bits per heavy atom. The highest BCUT2D eigenvalue weighted by molar-refractivity contribution is 7.90. The third-order valence-corrected chi connectivity index (χ3v) is 5.56. The summed E-state index contributed by atoms with van der Waals surface area (Å²) in [5.41, 5.74) is 0.193. The van der Waals surface area contributed by atoms with Crippen LogP contribution in [-0.4, -0.2) is 50.2 Å². The summed E-state index contributed by atoms with van der Waals surface area (Å²) in [7, 11) is -2.16. The van der Waals surface area contributed by atoms with Crippen LogP contribution >= 0.6 is 0 Å². The summed E-state index contributed by atoms with van der Waals surface area (Å²) < 4.78 is 38.5. The minimum Gasteiger partial charge on any atom is -0.355 e. The van der Waals surface area contributed by atoms with Gasteiger partial charge in [0.2, 0.25) is 5.95 Å². The molecule has 0 saturated carbocycles. The second kappa shape index (κ2) is 9.53. The Bertz CT molecular complexity index is 1360. The number of halogens is 1. The normalized spacial score (nSPS) is 10.9. The number of hydrogen-bond acceptors (Lipinski definition) is 8. The van der Waals surface area contributed by atoms with Crippen molar-refractivity contribution in [2.45, 2.75) is 4.90 Å². The number of aliphatic imine (C=N–C) groups is 1. The number of anilines is 4. The number of para-hydroxylation sites is 1. The van der Waals surface area contributed by atoms with Gasteiger partial charge >= 0.3 is 0 Å². The maximum Gasteiger partial charge on any atom is 0.281 e. The molecule has 0 unspecified atom stereocenters. The molecule has 12 heteroatoms. The van der Waals surface area contributed by atoms with Gasteiger partial charge in [-0.05, 0) is 37.0 Å². The van der Waals surface area contributed by atoms with Gasteiger partial charge in [-0.25, -0.2) is 22.8 Å². The van der Waals surface area contributed by atoms with Crippen molar-refractivity contribution in [1.29, 1.82) is 0 Å². The number of amides is 2. The number of nitrogens with one attached hydrogen (secondary N) is 3. The van der Waals surface area contributed by atoms with Crippen LogP contribution in [0.4, 0.5) is 27.5 Å². The number of rotatable bonds is 7. The number of carbonyl (C=O) groups excluding carboxylic acids is 2. The van der Waals surface area contributed by atoms with Gasteiger partial charge in [0.05, 0.1) is 16.3 Å². The van der Waals surface area contributed by atoms with Gasteiger partial charge in [0.15, 0.2) is 9.84 Å². The van der Waals surface area contributed by atoms with E-state index in [1.165, 1.54) is 31.3 Å². The van der Waals surface area contributed by atoms with E-state index < -0.39 is 27.5 Å². The first-order chi connectivity index (χ1) is 15.6. The fraction of sp³-hybridized carbons (Fsp3) is 0.0952. The fourth-order valence-electron chi connectivity index (χ4n) is 2.83. The summed E-state index contributed by atoms with van der Waals surface area (Å²) in [5.74, 6) is -2.05. The topological polar surface area (TPSA) is 143 Å². The molecular weight excluding hydrogens is 451 g/mol. The minimum atomic E-state index is -3.60. The van der Waals surface area contributed by atoms with Gasteiger partial charge < -0.3 is 16.0 Å². The van der Waals surface area contributed by atoms with Crippen LogP contribution in [0.15, 0.2) is 58.5 Å². The molecule has 3 N–H and O–H groups in total. The Morgan fingerprint density at radius 1 is 1.09 bits per heavy atom. The predicted molar refractivity (Wildman–Crippen MR) is 122 cm³/mol. The fourth-order valence-corrected chi connectivity index (χ4v) is 3.67. The molecule has 0 bridgehead atoms. The zero-order valence-electron chi connectivity index (χ0n) is 17.6. The Hall–Kier alpha value is -4.19. The van der Waals surface area contributed by atoms with Crippen LogP contribution in [0, 0.1) is 5.82 Å². The van der Waals surface area contributed by atoms with Crippen molar-refractivity contribution in [2.24, 2.45) is 4.99 Å². The minimum absolute atomic E-state index is 0.0209. The number of hydrogen-bond donors (Lipinski definition) is 3. The zero-order chi connectivity index (χ0) is 24.2. The van der Waals surface area contributed by atoms with E-state index in [4.69, 9.17) is 0 Å². The Balaban J connectivity index is 2.05. The summed E-state index contributed by atoms with van der Waals surface area (Å²) >= 11 is 0. The lowest BCUT2D eigenvalue weighted by Gasteiger charge is -2.14. The van der Waals surface area contributed by atoms with Gasteiger partial charge in [-0.1, -0.05) is 12.1 Å². The molecule has 0 atom stereocenters. The van der Waals surface area contributed by atoms with Crippen LogP contribution in [0.2, 0.25) is 0 Å². The van der Waals surface area contributed by atoms with Gasteiger partial charge in [-0.15, -0.1) is 0 Å². The highest BCUT2D eigenvalue weighted by Gasteiger charge is 2.19. The molecular formula is C21H19FN6O4S. The first-order valence-electron chi connectivity index (χ1n) is 9.37. The summed E-state index contributed by atoms with van der Waals surface area (Å²) in [4.78, 5) is 35.5. The first-order valence-corrected chi connectivity index (χ1v) is 11.3. The number of benzene rings is 2. The van der Waals surface area contributed by atoms with Crippen molar-refractivity contribution in [3.63, 3.8) is 0 Å². The Labute approximate surface area is 188 Å². The Morgan fingerprint density at radius 2 is 1.82 bits per heavy atom. The van der Waals surface area contributed by atoms with Gasteiger partial charge in [-0.2, -0.15) is 4.98 Å². The number of aromatic nitrogens is 2. The molecule has 170 valence electrons. The third kappa shape index (κ3) is 5.36. The number of carbonyl (C=O) groups is 2.